The summed E-state index contributed by atoms with van der Waals surface area (Å²) in [6, 6.07) is 13.8. The summed E-state index contributed by atoms with van der Waals surface area (Å²) >= 11 is 0. The van der Waals surface area contributed by atoms with Gasteiger partial charge in [0.2, 0.25) is 5.91 Å². The van der Waals surface area contributed by atoms with E-state index in [1.807, 2.05) is 18.2 Å². The van der Waals surface area contributed by atoms with Gasteiger partial charge in [0.05, 0.1) is 0 Å². The van der Waals surface area contributed by atoms with Gasteiger partial charge in [-0.25, -0.2) is 4.39 Å². The zero-order valence-corrected chi connectivity index (χ0v) is 17.4. The third-order valence-electron chi connectivity index (χ3n) is 5.75. The summed E-state index contributed by atoms with van der Waals surface area (Å²) in [5.74, 6) is -0.323. The summed E-state index contributed by atoms with van der Waals surface area (Å²) in [6.45, 7) is 6.60. The first-order chi connectivity index (χ1) is 13.8. The lowest BCUT2D eigenvalue weighted by Gasteiger charge is -2.39. The van der Waals surface area contributed by atoms with Crippen molar-refractivity contribution in [2.24, 2.45) is 5.92 Å². The molecule has 29 heavy (non-hydrogen) atoms. The Morgan fingerprint density at radius 2 is 1.86 bits per heavy atom. The van der Waals surface area contributed by atoms with Gasteiger partial charge in [-0.2, -0.15) is 0 Å². The molecule has 2 amide bonds. The lowest BCUT2D eigenvalue weighted by molar-refractivity contribution is -0.132. The van der Waals surface area contributed by atoms with Crippen LogP contribution in [0.5, 0.6) is 0 Å². The van der Waals surface area contributed by atoms with Crippen LogP contribution in [0.2, 0.25) is 0 Å². The number of benzene rings is 2. The molecule has 0 aliphatic carbocycles. The number of fused-ring (bicyclic) bond motifs is 1. The third kappa shape index (κ3) is 4.50. The molecular weight excluding hydrogens is 367 g/mol. The topological polar surface area (TPSA) is 49.4 Å². The van der Waals surface area contributed by atoms with E-state index in [0.717, 1.165) is 12.0 Å². The van der Waals surface area contributed by atoms with E-state index in [4.69, 9.17) is 0 Å². The zero-order chi connectivity index (χ0) is 21.0. The van der Waals surface area contributed by atoms with Crippen LogP contribution in [0.25, 0.3) is 0 Å². The molecule has 2 aromatic carbocycles. The molecule has 1 heterocycles. The number of carbonyl (C=O) groups excluding carboxylic acids is 2. The standard InChI is InChI=1S/C24H29FN2O2/c1-17(2)13-15-26-23(29)24(3)14-12-18-8-4-6-10-20(18)22(28)27(24)16-19-9-5-7-11-21(19)25/h4-11,17H,12-16H2,1-3H3,(H,26,29). The van der Waals surface area contributed by atoms with Crippen molar-refractivity contribution < 1.29 is 14.0 Å². The Kier molecular flexibility index (Phi) is 6.36. The second kappa shape index (κ2) is 8.76. The summed E-state index contributed by atoms with van der Waals surface area (Å²) in [7, 11) is 0. The normalized spacial score (nSPS) is 19.1. The zero-order valence-electron chi connectivity index (χ0n) is 17.4. The van der Waals surface area contributed by atoms with Gasteiger partial charge in [-0.3, -0.25) is 9.59 Å². The molecule has 3 rings (SSSR count). The average Bonchev–Trinajstić information content (AvgIpc) is 2.80. The Balaban J connectivity index is 1.97. The summed E-state index contributed by atoms with van der Waals surface area (Å²) in [6.07, 6.45) is 1.96. The van der Waals surface area contributed by atoms with Crippen molar-refractivity contribution in [2.75, 3.05) is 6.54 Å². The minimum Gasteiger partial charge on any atom is -0.354 e. The Bertz CT molecular complexity index is 896. The van der Waals surface area contributed by atoms with Crippen LogP contribution in [0.3, 0.4) is 0 Å². The number of nitrogens with zero attached hydrogens (tertiary/aromatic N) is 1. The Morgan fingerprint density at radius 1 is 1.17 bits per heavy atom. The van der Waals surface area contributed by atoms with Gasteiger partial charge in [0.15, 0.2) is 0 Å². The minimum atomic E-state index is -1.06. The van der Waals surface area contributed by atoms with E-state index in [0.29, 0.717) is 36.4 Å². The molecule has 1 N–H and O–H groups in total. The first-order valence-corrected chi connectivity index (χ1v) is 10.2. The predicted octanol–water partition coefficient (Wildman–Crippen LogP) is 4.34. The number of hydrogen-bond acceptors (Lipinski definition) is 2. The van der Waals surface area contributed by atoms with E-state index in [9.17, 15) is 14.0 Å². The van der Waals surface area contributed by atoms with Crippen LogP contribution < -0.4 is 5.32 Å². The minimum absolute atomic E-state index is 0.0495. The third-order valence-corrected chi connectivity index (χ3v) is 5.75. The van der Waals surface area contributed by atoms with Crippen LogP contribution in [-0.2, 0) is 17.8 Å². The summed E-state index contributed by atoms with van der Waals surface area (Å²) < 4.78 is 14.4. The van der Waals surface area contributed by atoms with E-state index >= 15 is 0 Å². The Labute approximate surface area is 172 Å². The Hall–Kier alpha value is -2.69. The summed E-state index contributed by atoms with van der Waals surface area (Å²) in [5, 5.41) is 3.00. The highest BCUT2D eigenvalue weighted by atomic mass is 19.1. The number of aryl methyl sites for hydroxylation is 1. The highest BCUT2D eigenvalue weighted by Crippen LogP contribution is 2.32. The van der Waals surface area contributed by atoms with Gasteiger partial charge >= 0.3 is 0 Å². The molecule has 0 fully saturated rings. The van der Waals surface area contributed by atoms with Crippen LogP contribution >= 0.6 is 0 Å². The molecule has 1 aliphatic rings. The molecule has 0 aromatic heterocycles. The van der Waals surface area contributed by atoms with Gasteiger partial charge in [-0.15, -0.1) is 0 Å². The quantitative estimate of drug-likeness (QED) is 0.790. The van der Waals surface area contributed by atoms with Gasteiger partial charge in [-0.05, 0) is 49.8 Å². The number of halogens is 1. The molecule has 2 aromatic rings. The largest absolute Gasteiger partial charge is 0.354 e. The fraction of sp³-hybridized carbons (Fsp3) is 0.417. The van der Waals surface area contributed by atoms with Gasteiger partial charge in [-0.1, -0.05) is 50.2 Å². The number of amides is 2. The number of hydrogen-bond donors (Lipinski definition) is 1. The molecule has 0 radical (unpaired) electrons. The molecule has 4 nitrogen and oxygen atoms in total. The van der Waals surface area contributed by atoms with Gasteiger partial charge in [0.25, 0.3) is 5.91 Å². The summed E-state index contributed by atoms with van der Waals surface area (Å²) in [4.78, 5) is 28.3. The lowest BCUT2D eigenvalue weighted by atomic mass is 9.91. The molecule has 154 valence electrons. The van der Waals surface area contributed by atoms with Crippen molar-refractivity contribution in [2.45, 2.75) is 52.1 Å². The molecule has 0 saturated carbocycles. The van der Waals surface area contributed by atoms with Crippen LogP contribution in [0.4, 0.5) is 4.39 Å². The van der Waals surface area contributed by atoms with Gasteiger partial charge < -0.3 is 10.2 Å². The van der Waals surface area contributed by atoms with E-state index < -0.39 is 5.54 Å². The van der Waals surface area contributed by atoms with Crippen LogP contribution in [-0.4, -0.2) is 28.8 Å². The van der Waals surface area contributed by atoms with Crippen LogP contribution in [0.15, 0.2) is 48.5 Å². The van der Waals surface area contributed by atoms with E-state index in [-0.39, 0.29) is 24.2 Å². The molecule has 1 unspecified atom stereocenters. The fourth-order valence-electron chi connectivity index (χ4n) is 3.77. The maximum Gasteiger partial charge on any atom is 0.255 e. The van der Waals surface area contributed by atoms with Crippen molar-refractivity contribution >= 4 is 11.8 Å². The van der Waals surface area contributed by atoms with Gasteiger partial charge in [0, 0.05) is 24.2 Å². The molecular formula is C24H29FN2O2. The first-order valence-electron chi connectivity index (χ1n) is 10.2. The maximum absolute atomic E-state index is 14.4. The van der Waals surface area contributed by atoms with Crippen molar-refractivity contribution in [3.05, 3.63) is 71.0 Å². The second-order valence-electron chi connectivity index (χ2n) is 8.35. The number of rotatable bonds is 6. The average molecular weight is 397 g/mol. The Morgan fingerprint density at radius 3 is 2.59 bits per heavy atom. The molecule has 0 bridgehead atoms. The molecule has 1 aliphatic heterocycles. The van der Waals surface area contributed by atoms with Crippen molar-refractivity contribution in [1.82, 2.24) is 10.2 Å². The SMILES string of the molecule is CC(C)CCNC(=O)C1(C)CCc2ccccc2C(=O)N1Cc1ccccc1F. The lowest BCUT2D eigenvalue weighted by Crippen LogP contribution is -2.58. The fourth-order valence-corrected chi connectivity index (χ4v) is 3.77. The van der Waals surface area contributed by atoms with E-state index in [2.05, 4.69) is 19.2 Å². The van der Waals surface area contributed by atoms with Crippen molar-refractivity contribution in [3.63, 3.8) is 0 Å². The monoisotopic (exact) mass is 396 g/mol. The van der Waals surface area contributed by atoms with Crippen LogP contribution in [0.1, 0.15) is 55.1 Å². The number of carbonyl (C=O) groups is 2. The van der Waals surface area contributed by atoms with E-state index in [1.54, 1.807) is 36.1 Å². The predicted molar refractivity (Wildman–Crippen MR) is 112 cm³/mol. The number of nitrogens with one attached hydrogen (secondary N) is 1. The maximum atomic E-state index is 14.4. The summed E-state index contributed by atoms with van der Waals surface area (Å²) in [5.41, 5.74) is 0.855. The van der Waals surface area contributed by atoms with E-state index in [1.165, 1.54) is 6.07 Å². The molecule has 0 spiro atoms. The van der Waals surface area contributed by atoms with Crippen LogP contribution in [0, 0.1) is 11.7 Å². The van der Waals surface area contributed by atoms with Crippen molar-refractivity contribution in [3.8, 4) is 0 Å². The molecule has 5 heteroatoms. The highest BCUT2D eigenvalue weighted by Gasteiger charge is 2.44. The highest BCUT2D eigenvalue weighted by molar-refractivity contribution is 6.00. The van der Waals surface area contributed by atoms with Crippen molar-refractivity contribution in [1.29, 1.82) is 0 Å². The van der Waals surface area contributed by atoms with Gasteiger partial charge in [0.1, 0.15) is 11.4 Å². The second-order valence-corrected chi connectivity index (χ2v) is 8.35. The molecule has 1 atom stereocenters. The smallest absolute Gasteiger partial charge is 0.255 e. The molecule has 0 saturated heterocycles. The first kappa shape index (κ1) is 21.0.